The zero-order valence-corrected chi connectivity index (χ0v) is 11.8. The van der Waals surface area contributed by atoms with Crippen LogP contribution in [0.3, 0.4) is 0 Å². The molecule has 0 fully saturated rings. The number of nitrogens with zero attached hydrogens (tertiary/aromatic N) is 2. The second-order valence-electron chi connectivity index (χ2n) is 4.71. The summed E-state index contributed by atoms with van der Waals surface area (Å²) < 4.78 is 29.2. The SMILES string of the molecule is O=C(Nc1ccc2[nH]ncc2c1)c1cc(OCC(F)F)ccn1. The molecule has 3 rings (SSSR count). The Bertz CT molecular complexity index is 835. The van der Waals surface area contributed by atoms with Gasteiger partial charge in [0.2, 0.25) is 0 Å². The average Bonchev–Trinajstić information content (AvgIpc) is 3.01. The summed E-state index contributed by atoms with van der Waals surface area (Å²) in [6.07, 6.45) is 0.388. The van der Waals surface area contributed by atoms with E-state index in [0.29, 0.717) is 5.69 Å². The van der Waals surface area contributed by atoms with Crippen LogP contribution in [0.4, 0.5) is 14.5 Å². The van der Waals surface area contributed by atoms with Crippen LogP contribution in [0.2, 0.25) is 0 Å². The number of hydrogen-bond donors (Lipinski definition) is 2. The summed E-state index contributed by atoms with van der Waals surface area (Å²) in [6.45, 7) is -0.734. The van der Waals surface area contributed by atoms with Crippen molar-refractivity contribution in [2.75, 3.05) is 11.9 Å². The largest absolute Gasteiger partial charge is 0.488 e. The first-order valence-electron chi connectivity index (χ1n) is 6.73. The lowest BCUT2D eigenvalue weighted by Crippen LogP contribution is -2.14. The van der Waals surface area contributed by atoms with Crippen molar-refractivity contribution in [2.24, 2.45) is 0 Å². The molecule has 1 amide bonds. The zero-order chi connectivity index (χ0) is 16.2. The van der Waals surface area contributed by atoms with Crippen molar-refractivity contribution in [3.63, 3.8) is 0 Å². The van der Waals surface area contributed by atoms with E-state index in [1.54, 1.807) is 24.4 Å². The van der Waals surface area contributed by atoms with Gasteiger partial charge in [-0.05, 0) is 24.3 Å². The van der Waals surface area contributed by atoms with E-state index in [1.165, 1.54) is 18.3 Å². The fourth-order valence-electron chi connectivity index (χ4n) is 2.00. The van der Waals surface area contributed by atoms with E-state index in [2.05, 4.69) is 20.5 Å². The maximum absolute atomic E-state index is 12.2. The molecule has 1 aromatic carbocycles. The number of aromatic amines is 1. The number of ether oxygens (including phenoxy) is 1. The van der Waals surface area contributed by atoms with Crippen molar-refractivity contribution in [3.05, 3.63) is 48.4 Å². The number of aromatic nitrogens is 3. The van der Waals surface area contributed by atoms with E-state index in [1.807, 2.05) is 0 Å². The molecule has 2 heterocycles. The molecule has 0 saturated carbocycles. The molecule has 0 radical (unpaired) electrons. The van der Waals surface area contributed by atoms with Crippen LogP contribution in [0.15, 0.2) is 42.7 Å². The van der Waals surface area contributed by atoms with E-state index in [-0.39, 0.29) is 11.4 Å². The Labute approximate surface area is 129 Å². The van der Waals surface area contributed by atoms with Gasteiger partial charge >= 0.3 is 0 Å². The van der Waals surface area contributed by atoms with Crippen LogP contribution in [0.5, 0.6) is 5.75 Å². The lowest BCUT2D eigenvalue weighted by Gasteiger charge is -2.08. The smallest absolute Gasteiger partial charge is 0.274 e. The lowest BCUT2D eigenvalue weighted by atomic mass is 10.2. The number of H-pyrrole nitrogens is 1. The van der Waals surface area contributed by atoms with Crippen LogP contribution < -0.4 is 10.1 Å². The van der Waals surface area contributed by atoms with Crippen LogP contribution in [0.1, 0.15) is 10.5 Å². The Balaban J connectivity index is 1.73. The highest BCUT2D eigenvalue weighted by molar-refractivity contribution is 6.03. The number of anilines is 1. The van der Waals surface area contributed by atoms with E-state index < -0.39 is 18.9 Å². The number of carbonyl (C=O) groups is 1. The summed E-state index contributed by atoms with van der Waals surface area (Å²) in [7, 11) is 0. The fourth-order valence-corrected chi connectivity index (χ4v) is 2.00. The van der Waals surface area contributed by atoms with Crippen LogP contribution >= 0.6 is 0 Å². The van der Waals surface area contributed by atoms with Gasteiger partial charge in [0.05, 0.1) is 11.7 Å². The molecular formula is C15H12F2N4O2. The molecular weight excluding hydrogens is 306 g/mol. The number of carbonyl (C=O) groups excluding carboxylic acids is 1. The highest BCUT2D eigenvalue weighted by atomic mass is 19.3. The highest BCUT2D eigenvalue weighted by Crippen LogP contribution is 2.18. The Hall–Kier alpha value is -3.03. The van der Waals surface area contributed by atoms with Gasteiger partial charge in [-0.1, -0.05) is 0 Å². The van der Waals surface area contributed by atoms with Crippen LogP contribution in [-0.4, -0.2) is 34.1 Å². The van der Waals surface area contributed by atoms with Gasteiger partial charge in [-0.2, -0.15) is 5.10 Å². The molecule has 0 bridgehead atoms. The predicted octanol–water partition coefficient (Wildman–Crippen LogP) is 2.85. The number of alkyl halides is 2. The lowest BCUT2D eigenvalue weighted by molar-refractivity contribution is 0.0818. The molecule has 2 N–H and O–H groups in total. The third-order valence-corrected chi connectivity index (χ3v) is 3.04. The molecule has 8 heteroatoms. The molecule has 23 heavy (non-hydrogen) atoms. The van der Waals surface area contributed by atoms with Gasteiger partial charge < -0.3 is 10.1 Å². The minimum absolute atomic E-state index is 0.0732. The van der Waals surface area contributed by atoms with Gasteiger partial charge in [-0.25, -0.2) is 8.78 Å². The second-order valence-corrected chi connectivity index (χ2v) is 4.71. The Morgan fingerprint density at radius 1 is 1.30 bits per heavy atom. The summed E-state index contributed by atoms with van der Waals surface area (Å²) in [5.74, 6) is -0.300. The van der Waals surface area contributed by atoms with Crippen molar-refractivity contribution in [1.29, 1.82) is 0 Å². The first kappa shape index (κ1) is 14.9. The molecule has 0 atom stereocenters. The summed E-state index contributed by atoms with van der Waals surface area (Å²) >= 11 is 0. The monoisotopic (exact) mass is 318 g/mol. The fraction of sp³-hybridized carbons (Fsp3) is 0.133. The van der Waals surface area contributed by atoms with E-state index in [9.17, 15) is 13.6 Å². The number of rotatable bonds is 5. The quantitative estimate of drug-likeness (QED) is 0.758. The number of benzene rings is 1. The molecule has 6 nitrogen and oxygen atoms in total. The first-order valence-corrected chi connectivity index (χ1v) is 6.73. The molecule has 3 aromatic rings. The van der Waals surface area contributed by atoms with Gasteiger partial charge in [-0.3, -0.25) is 14.9 Å². The number of hydrogen-bond acceptors (Lipinski definition) is 4. The van der Waals surface area contributed by atoms with E-state index >= 15 is 0 Å². The zero-order valence-electron chi connectivity index (χ0n) is 11.8. The van der Waals surface area contributed by atoms with Crippen molar-refractivity contribution in [3.8, 4) is 5.75 Å². The minimum Gasteiger partial charge on any atom is -0.488 e. The Kier molecular flexibility index (Phi) is 4.13. The Morgan fingerprint density at radius 3 is 3.00 bits per heavy atom. The van der Waals surface area contributed by atoms with Gasteiger partial charge in [0.15, 0.2) is 0 Å². The maximum atomic E-state index is 12.2. The summed E-state index contributed by atoms with van der Waals surface area (Å²) in [6, 6.07) is 7.99. The number of fused-ring (bicyclic) bond motifs is 1. The summed E-state index contributed by atoms with van der Waals surface area (Å²) in [5, 5.41) is 10.2. The first-order chi connectivity index (χ1) is 11.1. The van der Waals surface area contributed by atoms with Crippen molar-refractivity contribution < 1.29 is 18.3 Å². The summed E-state index contributed by atoms with van der Waals surface area (Å²) in [5.41, 5.74) is 1.50. The molecule has 118 valence electrons. The Morgan fingerprint density at radius 2 is 2.17 bits per heavy atom. The van der Waals surface area contributed by atoms with E-state index in [4.69, 9.17) is 4.74 Å². The molecule has 0 spiro atoms. The van der Waals surface area contributed by atoms with Gasteiger partial charge in [0, 0.05) is 23.3 Å². The molecule has 0 aliphatic rings. The standard InChI is InChI=1S/C15H12F2N4O2/c16-14(17)8-23-11-3-4-18-13(6-11)15(22)20-10-1-2-12-9(5-10)7-19-21-12/h1-7,14H,8H2,(H,19,21)(H,20,22). The second kappa shape index (κ2) is 6.39. The molecule has 0 unspecified atom stereocenters. The maximum Gasteiger partial charge on any atom is 0.274 e. The number of halogens is 2. The van der Waals surface area contributed by atoms with Gasteiger partial charge in [0.25, 0.3) is 12.3 Å². The normalized spacial score (nSPS) is 10.9. The van der Waals surface area contributed by atoms with Gasteiger partial charge in [-0.15, -0.1) is 0 Å². The number of pyridine rings is 1. The van der Waals surface area contributed by atoms with Crippen molar-refractivity contribution in [2.45, 2.75) is 6.43 Å². The van der Waals surface area contributed by atoms with Crippen LogP contribution in [0, 0.1) is 0 Å². The van der Waals surface area contributed by atoms with Crippen LogP contribution in [-0.2, 0) is 0 Å². The number of amides is 1. The third kappa shape index (κ3) is 3.60. The average molecular weight is 318 g/mol. The van der Waals surface area contributed by atoms with Crippen molar-refractivity contribution >= 4 is 22.5 Å². The summed E-state index contributed by atoms with van der Waals surface area (Å²) in [4.78, 5) is 16.1. The molecule has 0 aliphatic carbocycles. The third-order valence-electron chi connectivity index (χ3n) is 3.04. The molecule has 2 aromatic heterocycles. The predicted molar refractivity (Wildman–Crippen MR) is 79.8 cm³/mol. The van der Waals surface area contributed by atoms with Crippen molar-refractivity contribution in [1.82, 2.24) is 15.2 Å². The van der Waals surface area contributed by atoms with E-state index in [0.717, 1.165) is 10.9 Å². The molecule has 0 saturated heterocycles. The minimum atomic E-state index is -2.58. The van der Waals surface area contributed by atoms with Crippen LogP contribution in [0.25, 0.3) is 10.9 Å². The number of nitrogens with one attached hydrogen (secondary N) is 2. The highest BCUT2D eigenvalue weighted by Gasteiger charge is 2.11. The molecule has 0 aliphatic heterocycles. The van der Waals surface area contributed by atoms with Gasteiger partial charge in [0.1, 0.15) is 18.1 Å². The topological polar surface area (TPSA) is 79.9 Å².